The molecule has 0 bridgehead atoms. The Hall–Kier alpha value is -2.47. The summed E-state index contributed by atoms with van der Waals surface area (Å²) in [5.74, 6) is -1.02. The molecule has 0 aromatic heterocycles. The number of rotatable bonds is 8. The Bertz CT molecular complexity index is 954. The second kappa shape index (κ2) is 11.1. The van der Waals surface area contributed by atoms with Crippen LogP contribution in [-0.2, 0) is 19.0 Å². The highest BCUT2D eigenvalue weighted by molar-refractivity contribution is 5.73. The summed E-state index contributed by atoms with van der Waals surface area (Å²) in [6.07, 6.45) is -12.8. The Morgan fingerprint density at radius 2 is 1.89 bits per heavy atom. The molecule has 0 saturated carbocycles. The second-order valence-electron chi connectivity index (χ2n) is 8.11. The number of ether oxygens (including phenoxy) is 4. The van der Waals surface area contributed by atoms with E-state index in [1.165, 1.54) is 0 Å². The van der Waals surface area contributed by atoms with Crippen LogP contribution in [0.2, 0.25) is 0 Å². The van der Waals surface area contributed by atoms with Gasteiger partial charge in [-0.25, -0.2) is 0 Å². The first-order chi connectivity index (χ1) is 16.9. The van der Waals surface area contributed by atoms with Crippen LogP contribution >= 0.6 is 0 Å². The van der Waals surface area contributed by atoms with E-state index in [1.54, 1.807) is 0 Å². The van der Waals surface area contributed by atoms with Crippen molar-refractivity contribution in [2.75, 3.05) is 13.2 Å². The maximum atomic E-state index is 12.0. The van der Waals surface area contributed by atoms with E-state index < -0.39 is 90.7 Å². The second-order valence-corrected chi connectivity index (χ2v) is 8.11. The standard InChI is InChI=1S/C20H28N2O13/c1-9(25)21-20(29)18(35-15-6-12(26)16(27)13(7-23)33-15)17(28)14(8-24)34-19(20)32-11-4-2-10(3-5-11)22(30)31/h2-5,12-19,23-24,26-29H,6-8H2,1H3,(H,21,25)/t12-,13-,14-,15?,16-,17-,18+,19-,20-/m1/s1/i2D. The van der Waals surface area contributed by atoms with E-state index in [1.807, 2.05) is 0 Å². The minimum absolute atomic E-state index is 0.195. The average molecular weight is 505 g/mol. The number of nitro benzene ring substituents is 1. The van der Waals surface area contributed by atoms with Crippen molar-refractivity contribution in [2.45, 2.75) is 68.3 Å². The van der Waals surface area contributed by atoms with Crippen LogP contribution in [0.4, 0.5) is 5.69 Å². The van der Waals surface area contributed by atoms with Gasteiger partial charge in [0.05, 0.1) is 25.6 Å². The number of nitrogens with one attached hydrogen (secondary N) is 1. The van der Waals surface area contributed by atoms with Gasteiger partial charge >= 0.3 is 0 Å². The van der Waals surface area contributed by atoms with E-state index in [0.29, 0.717) is 0 Å². The maximum absolute atomic E-state index is 12.0. The Labute approximate surface area is 200 Å². The van der Waals surface area contributed by atoms with Crippen LogP contribution in [-0.4, -0.2) is 110 Å². The molecule has 2 aliphatic rings. The Morgan fingerprint density at radius 3 is 2.46 bits per heavy atom. The molecule has 15 nitrogen and oxygen atoms in total. The molecule has 0 aliphatic carbocycles. The highest BCUT2D eigenvalue weighted by Crippen LogP contribution is 2.35. The van der Waals surface area contributed by atoms with Crippen LogP contribution in [0.1, 0.15) is 14.7 Å². The molecular formula is C20H28N2O13. The zero-order valence-corrected chi connectivity index (χ0v) is 18.5. The first-order valence-electron chi connectivity index (χ1n) is 11.1. The third-order valence-corrected chi connectivity index (χ3v) is 5.56. The number of carbonyl (C=O) groups excluding carboxylic acids is 1. The molecule has 1 unspecified atom stereocenters. The summed E-state index contributed by atoms with van der Waals surface area (Å²) >= 11 is 0. The Balaban J connectivity index is 1.94. The lowest BCUT2D eigenvalue weighted by Gasteiger charge is -2.50. The SMILES string of the molecule is [2H]c1cc(O[C@@H]2O[C@H](CO)[C@@H](O)[C@H](OC3C[C@@H](O)[C@@H](O)[C@@H](CO)O3)[C@]2(O)NC(C)=O)ccc1[N+](=O)[O-]. The summed E-state index contributed by atoms with van der Waals surface area (Å²) < 4.78 is 29.9. The van der Waals surface area contributed by atoms with Gasteiger partial charge in [0.2, 0.25) is 11.6 Å². The van der Waals surface area contributed by atoms with Gasteiger partial charge in [0.15, 0.2) is 6.29 Å². The van der Waals surface area contributed by atoms with Gasteiger partial charge in [-0.15, -0.1) is 0 Å². The number of hydrogen-bond acceptors (Lipinski definition) is 13. The maximum Gasteiger partial charge on any atom is 0.269 e. The fraction of sp³-hybridized carbons (Fsp3) is 0.650. The van der Waals surface area contributed by atoms with Gasteiger partial charge in [-0.2, -0.15) is 0 Å². The summed E-state index contributed by atoms with van der Waals surface area (Å²) in [7, 11) is 0. The van der Waals surface area contributed by atoms with Crippen LogP contribution in [0.25, 0.3) is 0 Å². The average Bonchev–Trinajstić information content (AvgIpc) is 2.80. The number of hydrogen-bond donors (Lipinski definition) is 7. The first-order valence-corrected chi connectivity index (χ1v) is 10.6. The molecule has 1 aromatic rings. The molecule has 1 aromatic carbocycles. The van der Waals surface area contributed by atoms with E-state index in [4.69, 9.17) is 20.3 Å². The lowest BCUT2D eigenvalue weighted by atomic mass is 9.92. The molecule has 7 N–H and O–H groups in total. The van der Waals surface area contributed by atoms with Crippen molar-refractivity contribution in [3.05, 3.63) is 34.4 Å². The number of amides is 1. The number of nitrogens with zero attached hydrogens (tertiary/aromatic N) is 1. The molecule has 9 atom stereocenters. The zero-order chi connectivity index (χ0) is 26.8. The van der Waals surface area contributed by atoms with E-state index in [0.717, 1.165) is 25.1 Å². The highest BCUT2D eigenvalue weighted by Gasteiger charge is 2.59. The molecule has 3 rings (SSSR count). The van der Waals surface area contributed by atoms with Crippen LogP contribution in [0, 0.1) is 10.1 Å². The van der Waals surface area contributed by atoms with Gasteiger partial charge in [0, 0.05) is 25.5 Å². The van der Waals surface area contributed by atoms with Gasteiger partial charge in [-0.05, 0) is 12.1 Å². The minimum atomic E-state index is -2.67. The molecule has 2 heterocycles. The third kappa shape index (κ3) is 5.85. The predicted octanol–water partition coefficient (Wildman–Crippen LogP) is -2.91. The van der Waals surface area contributed by atoms with Crippen LogP contribution in [0.15, 0.2) is 24.2 Å². The lowest BCUT2D eigenvalue weighted by molar-refractivity contribution is -0.385. The Morgan fingerprint density at radius 1 is 1.23 bits per heavy atom. The smallest absolute Gasteiger partial charge is 0.269 e. The first kappa shape index (κ1) is 25.6. The number of carbonyl (C=O) groups is 1. The third-order valence-electron chi connectivity index (χ3n) is 5.56. The van der Waals surface area contributed by atoms with E-state index in [-0.39, 0.29) is 12.2 Å². The van der Waals surface area contributed by atoms with Gasteiger partial charge in [0.1, 0.15) is 36.3 Å². The largest absolute Gasteiger partial charge is 0.460 e. The van der Waals surface area contributed by atoms with E-state index in [2.05, 4.69) is 5.32 Å². The van der Waals surface area contributed by atoms with Crippen LogP contribution in [0.3, 0.4) is 0 Å². The number of aliphatic hydroxyl groups excluding tert-OH is 5. The molecule has 0 spiro atoms. The highest BCUT2D eigenvalue weighted by atomic mass is 16.7. The fourth-order valence-electron chi connectivity index (χ4n) is 3.83. The van der Waals surface area contributed by atoms with Crippen molar-refractivity contribution < 1.29 is 60.7 Å². The normalized spacial score (nSPS) is 37.9. The molecule has 2 fully saturated rings. The van der Waals surface area contributed by atoms with Gasteiger partial charge in [0.25, 0.3) is 12.0 Å². The molecule has 15 heteroatoms. The van der Waals surface area contributed by atoms with Crippen molar-refractivity contribution >= 4 is 11.6 Å². The number of nitro groups is 1. The van der Waals surface area contributed by atoms with Crippen LogP contribution in [0.5, 0.6) is 5.75 Å². The van der Waals surface area contributed by atoms with Gasteiger partial charge < -0.3 is 54.9 Å². The van der Waals surface area contributed by atoms with Crippen molar-refractivity contribution in [1.82, 2.24) is 5.32 Å². The molecule has 1 amide bonds. The molecule has 0 radical (unpaired) electrons. The summed E-state index contributed by atoms with van der Waals surface area (Å²) in [4.78, 5) is 22.2. The number of aliphatic hydroxyl groups is 6. The van der Waals surface area contributed by atoms with Crippen molar-refractivity contribution in [3.63, 3.8) is 0 Å². The zero-order valence-electron chi connectivity index (χ0n) is 19.5. The summed E-state index contributed by atoms with van der Waals surface area (Å²) in [5.41, 5.74) is -3.19. The summed E-state index contributed by atoms with van der Waals surface area (Å²) in [6.45, 7) is -0.457. The molecule has 196 valence electrons. The summed E-state index contributed by atoms with van der Waals surface area (Å²) in [6, 6.07) is 2.51. The molecule has 2 saturated heterocycles. The van der Waals surface area contributed by atoms with Crippen LogP contribution < -0.4 is 10.1 Å². The quantitative estimate of drug-likeness (QED) is 0.107. The molecular weight excluding hydrogens is 476 g/mol. The monoisotopic (exact) mass is 505 g/mol. The summed E-state index contributed by atoms with van der Waals surface area (Å²) in [5, 5.41) is 74.5. The predicted molar refractivity (Wildman–Crippen MR) is 111 cm³/mol. The Kier molecular flexibility index (Phi) is 8.10. The van der Waals surface area contributed by atoms with E-state index >= 15 is 0 Å². The lowest BCUT2D eigenvalue weighted by Crippen LogP contribution is -2.75. The minimum Gasteiger partial charge on any atom is -0.460 e. The van der Waals surface area contributed by atoms with Gasteiger partial charge in [-0.1, -0.05) is 0 Å². The fourth-order valence-corrected chi connectivity index (χ4v) is 3.83. The molecule has 2 aliphatic heterocycles. The van der Waals surface area contributed by atoms with Crippen molar-refractivity contribution in [2.24, 2.45) is 0 Å². The topological polar surface area (TPSA) is 231 Å². The van der Waals surface area contributed by atoms with Gasteiger partial charge in [-0.3, -0.25) is 14.9 Å². The number of benzene rings is 1. The van der Waals surface area contributed by atoms with Crippen molar-refractivity contribution in [3.8, 4) is 5.75 Å². The van der Waals surface area contributed by atoms with E-state index in [9.17, 15) is 45.5 Å². The van der Waals surface area contributed by atoms with Crippen molar-refractivity contribution in [1.29, 1.82) is 0 Å². The molecule has 35 heavy (non-hydrogen) atoms.